The quantitative estimate of drug-likeness (QED) is 0.739. The molecule has 0 saturated heterocycles. The summed E-state index contributed by atoms with van der Waals surface area (Å²) in [6, 6.07) is 3.19. The number of rotatable bonds is 2. The fourth-order valence-electron chi connectivity index (χ4n) is 1.58. The van der Waals surface area contributed by atoms with E-state index in [1.807, 2.05) is 20.8 Å². The van der Waals surface area contributed by atoms with Gasteiger partial charge >= 0.3 is 18.0 Å². The van der Waals surface area contributed by atoms with Gasteiger partial charge in [0.25, 0.3) is 0 Å². The lowest BCUT2D eigenvalue weighted by atomic mass is 9.96. The van der Waals surface area contributed by atoms with Gasteiger partial charge in [0.15, 0.2) is 5.82 Å². The van der Waals surface area contributed by atoms with Crippen molar-refractivity contribution in [2.24, 2.45) is 5.73 Å². The molecule has 0 aliphatic heterocycles. The SMILES string of the molecule is CC(C)(C)c1noc(C(=O)O)n1.NC(=O)c1ccc(Br)cc1C(F)(F)F. The zero-order chi connectivity index (χ0) is 20.3. The van der Waals surface area contributed by atoms with E-state index in [0.717, 1.165) is 12.1 Å². The van der Waals surface area contributed by atoms with Crippen molar-refractivity contribution in [2.45, 2.75) is 32.4 Å². The number of halogens is 4. The highest BCUT2D eigenvalue weighted by Gasteiger charge is 2.34. The number of carboxylic acids is 1. The monoisotopic (exact) mass is 437 g/mol. The van der Waals surface area contributed by atoms with Crippen LogP contribution in [0.25, 0.3) is 0 Å². The van der Waals surface area contributed by atoms with Crippen molar-refractivity contribution in [3.8, 4) is 0 Å². The van der Waals surface area contributed by atoms with E-state index in [2.05, 4.69) is 30.6 Å². The van der Waals surface area contributed by atoms with Gasteiger partial charge in [-0.05, 0) is 18.2 Å². The molecule has 7 nitrogen and oxygen atoms in total. The Morgan fingerprint density at radius 3 is 2.15 bits per heavy atom. The molecule has 1 amide bonds. The predicted molar refractivity (Wildman–Crippen MR) is 87.6 cm³/mol. The van der Waals surface area contributed by atoms with Gasteiger partial charge in [-0.15, -0.1) is 0 Å². The molecule has 11 heteroatoms. The molecule has 2 rings (SSSR count). The lowest BCUT2D eigenvalue weighted by molar-refractivity contribution is -0.138. The molecule has 1 heterocycles. The van der Waals surface area contributed by atoms with Gasteiger partial charge in [-0.3, -0.25) is 4.79 Å². The highest BCUT2D eigenvalue weighted by Crippen LogP contribution is 2.33. The molecule has 26 heavy (non-hydrogen) atoms. The molecule has 3 N–H and O–H groups in total. The lowest BCUT2D eigenvalue weighted by Gasteiger charge is -2.10. The van der Waals surface area contributed by atoms with Crippen LogP contribution in [0.2, 0.25) is 0 Å². The van der Waals surface area contributed by atoms with Gasteiger partial charge in [0, 0.05) is 9.89 Å². The van der Waals surface area contributed by atoms with Crippen LogP contribution in [0.5, 0.6) is 0 Å². The highest BCUT2D eigenvalue weighted by atomic mass is 79.9. The van der Waals surface area contributed by atoms with Gasteiger partial charge < -0.3 is 15.4 Å². The van der Waals surface area contributed by atoms with Crippen LogP contribution in [0.3, 0.4) is 0 Å². The molecule has 0 bridgehead atoms. The highest BCUT2D eigenvalue weighted by molar-refractivity contribution is 9.10. The zero-order valence-corrected chi connectivity index (χ0v) is 15.5. The largest absolute Gasteiger partial charge is 0.474 e. The number of hydrogen-bond donors (Lipinski definition) is 2. The van der Waals surface area contributed by atoms with Gasteiger partial charge in [0.2, 0.25) is 5.91 Å². The Labute approximate surface area is 154 Å². The second-order valence-electron chi connectivity index (χ2n) is 6.03. The number of aromatic nitrogens is 2. The third-order valence-corrected chi connectivity index (χ3v) is 3.33. The number of carbonyl (C=O) groups excluding carboxylic acids is 1. The van der Waals surface area contributed by atoms with Crippen molar-refractivity contribution in [1.82, 2.24) is 10.1 Å². The summed E-state index contributed by atoms with van der Waals surface area (Å²) in [6.45, 7) is 5.64. The minimum atomic E-state index is -4.58. The molecule has 0 unspecified atom stereocenters. The predicted octanol–water partition coefficient (Wildman–Crippen LogP) is 3.63. The number of nitrogens with two attached hydrogens (primary N) is 1. The van der Waals surface area contributed by atoms with Gasteiger partial charge in [-0.25, -0.2) is 4.79 Å². The van der Waals surface area contributed by atoms with Crippen molar-refractivity contribution < 1.29 is 32.4 Å². The summed E-state index contributed by atoms with van der Waals surface area (Å²) >= 11 is 2.89. The second kappa shape index (κ2) is 7.85. The number of hydrogen-bond acceptors (Lipinski definition) is 5. The molecule has 0 saturated carbocycles. The first-order valence-corrected chi connectivity index (χ1v) is 7.77. The maximum absolute atomic E-state index is 12.4. The van der Waals surface area contributed by atoms with E-state index in [0.29, 0.717) is 5.82 Å². The molecular weight excluding hydrogens is 423 g/mol. The van der Waals surface area contributed by atoms with Gasteiger partial charge in [-0.2, -0.15) is 18.2 Å². The van der Waals surface area contributed by atoms with Crippen molar-refractivity contribution in [2.75, 3.05) is 0 Å². The van der Waals surface area contributed by atoms with E-state index in [1.165, 1.54) is 6.07 Å². The Balaban J connectivity index is 0.000000263. The molecule has 142 valence electrons. The smallest absolute Gasteiger partial charge is 0.417 e. The topological polar surface area (TPSA) is 119 Å². The fourth-order valence-corrected chi connectivity index (χ4v) is 1.94. The van der Waals surface area contributed by atoms with Crippen molar-refractivity contribution >= 4 is 27.8 Å². The molecule has 0 atom stereocenters. The summed E-state index contributed by atoms with van der Waals surface area (Å²) in [6.07, 6.45) is -4.58. The Kier molecular flexibility index (Phi) is 6.53. The Hall–Kier alpha value is -2.43. The first-order valence-electron chi connectivity index (χ1n) is 6.97. The molecule has 1 aromatic heterocycles. The maximum atomic E-state index is 12.4. The number of carboxylic acid groups (broad SMARTS) is 1. The van der Waals surface area contributed by atoms with Crippen LogP contribution in [0.15, 0.2) is 27.2 Å². The summed E-state index contributed by atoms with van der Waals surface area (Å²) in [4.78, 5) is 24.7. The molecule has 0 spiro atoms. The number of amides is 1. The fraction of sp³-hybridized carbons (Fsp3) is 0.333. The van der Waals surface area contributed by atoms with Crippen LogP contribution >= 0.6 is 15.9 Å². The summed E-state index contributed by atoms with van der Waals surface area (Å²) < 4.78 is 41.8. The van der Waals surface area contributed by atoms with Crippen LogP contribution < -0.4 is 5.73 Å². The van der Waals surface area contributed by atoms with Crippen molar-refractivity contribution in [1.29, 1.82) is 0 Å². The molecule has 0 radical (unpaired) electrons. The lowest BCUT2D eigenvalue weighted by Crippen LogP contribution is -2.18. The number of carbonyl (C=O) groups is 2. The molecule has 0 fully saturated rings. The van der Waals surface area contributed by atoms with E-state index < -0.39 is 29.2 Å². The number of primary amides is 1. The minimum Gasteiger partial charge on any atom is -0.474 e. The van der Waals surface area contributed by atoms with E-state index in [1.54, 1.807) is 0 Å². The summed E-state index contributed by atoms with van der Waals surface area (Å²) in [5, 5.41) is 12.0. The maximum Gasteiger partial charge on any atom is 0.417 e. The number of nitrogens with zero attached hydrogens (tertiary/aromatic N) is 2. The Morgan fingerprint density at radius 2 is 1.81 bits per heavy atom. The summed E-state index contributed by atoms with van der Waals surface area (Å²) in [5.41, 5.74) is 2.97. The first kappa shape index (κ1) is 21.6. The second-order valence-corrected chi connectivity index (χ2v) is 6.95. The minimum absolute atomic E-state index is 0.245. The summed E-state index contributed by atoms with van der Waals surface area (Å²) in [7, 11) is 0. The summed E-state index contributed by atoms with van der Waals surface area (Å²) in [5.74, 6) is -2.25. The van der Waals surface area contributed by atoms with E-state index in [4.69, 9.17) is 10.8 Å². The number of alkyl halides is 3. The van der Waals surface area contributed by atoms with Crippen LogP contribution in [0.4, 0.5) is 13.2 Å². The van der Waals surface area contributed by atoms with Gasteiger partial charge in [0.1, 0.15) is 0 Å². The standard InChI is InChI=1S/C8H5BrF3NO.C7H10N2O3/c9-4-1-2-5(7(13)14)6(3-4)8(10,11)12;1-7(2,3)6-8-4(5(10)11)12-9-6/h1-3H,(H2,13,14);1-3H3,(H,10,11). The van der Waals surface area contributed by atoms with E-state index in [9.17, 15) is 22.8 Å². The van der Waals surface area contributed by atoms with Gasteiger partial charge in [0.05, 0.1) is 11.1 Å². The third-order valence-electron chi connectivity index (χ3n) is 2.83. The molecule has 0 aliphatic carbocycles. The van der Waals surface area contributed by atoms with Crippen molar-refractivity contribution in [3.05, 3.63) is 45.5 Å². The molecule has 0 aliphatic rings. The molecule has 2 aromatic rings. The average molecular weight is 438 g/mol. The van der Waals surface area contributed by atoms with Crippen LogP contribution in [-0.2, 0) is 11.6 Å². The molecule has 1 aromatic carbocycles. The normalized spacial score (nSPS) is 11.5. The third kappa shape index (κ3) is 5.83. The number of benzene rings is 1. The van der Waals surface area contributed by atoms with Crippen LogP contribution in [-0.4, -0.2) is 27.1 Å². The zero-order valence-electron chi connectivity index (χ0n) is 13.9. The Bertz CT molecular complexity index is 813. The number of aromatic carboxylic acids is 1. The van der Waals surface area contributed by atoms with Crippen molar-refractivity contribution in [3.63, 3.8) is 0 Å². The van der Waals surface area contributed by atoms with Gasteiger partial charge in [-0.1, -0.05) is 41.9 Å². The first-order chi connectivity index (χ1) is 11.7. The van der Waals surface area contributed by atoms with Crippen LogP contribution in [0.1, 0.15) is 53.2 Å². The average Bonchev–Trinajstić information content (AvgIpc) is 2.96. The molecular formula is C15H15BrF3N3O4. The van der Waals surface area contributed by atoms with Crippen LogP contribution in [0, 0.1) is 0 Å². The Morgan fingerprint density at radius 1 is 1.23 bits per heavy atom. The van der Waals surface area contributed by atoms with E-state index in [-0.39, 0.29) is 15.8 Å². The van der Waals surface area contributed by atoms with E-state index >= 15 is 0 Å².